The number of pyridine rings is 3. The van der Waals surface area contributed by atoms with E-state index in [4.69, 9.17) is 9.97 Å². The van der Waals surface area contributed by atoms with Crippen molar-refractivity contribution in [3.05, 3.63) is 91.5 Å². The normalized spacial score (nSPS) is 11.6. The standard InChI is InChI=1S/C23H15N5/c1-2-8-20-18(7-1)22-23(27-13-4-3-9-21(27)26-22)28(20)17-10-11-19(25-15-17)16-6-5-12-24-14-16/h1-15H. The maximum absolute atomic E-state index is 4.87. The Labute approximate surface area is 160 Å². The predicted molar refractivity (Wildman–Crippen MR) is 111 cm³/mol. The van der Waals surface area contributed by atoms with Crippen LogP contribution in [0.15, 0.2) is 91.5 Å². The summed E-state index contributed by atoms with van der Waals surface area (Å²) in [6.45, 7) is 0. The maximum Gasteiger partial charge on any atom is 0.150 e. The van der Waals surface area contributed by atoms with Crippen LogP contribution < -0.4 is 0 Å². The van der Waals surface area contributed by atoms with E-state index in [0.29, 0.717) is 0 Å². The Morgan fingerprint density at radius 3 is 2.57 bits per heavy atom. The van der Waals surface area contributed by atoms with Gasteiger partial charge in [0.1, 0.15) is 11.2 Å². The molecule has 0 aliphatic carbocycles. The molecule has 132 valence electrons. The molecule has 6 rings (SSSR count). The first kappa shape index (κ1) is 15.1. The second-order valence-corrected chi connectivity index (χ2v) is 6.71. The van der Waals surface area contributed by atoms with Gasteiger partial charge in [0.25, 0.3) is 0 Å². The molecule has 0 bridgehead atoms. The van der Waals surface area contributed by atoms with Gasteiger partial charge in [0.2, 0.25) is 0 Å². The van der Waals surface area contributed by atoms with E-state index >= 15 is 0 Å². The Balaban J connectivity index is 1.64. The molecular formula is C23H15N5. The van der Waals surface area contributed by atoms with Gasteiger partial charge in [0.15, 0.2) is 5.65 Å². The molecule has 6 aromatic rings. The molecule has 0 aliphatic heterocycles. The number of hydrogen-bond donors (Lipinski definition) is 0. The summed E-state index contributed by atoms with van der Waals surface area (Å²) in [7, 11) is 0. The molecule has 5 nitrogen and oxygen atoms in total. The van der Waals surface area contributed by atoms with Crippen molar-refractivity contribution in [2.45, 2.75) is 0 Å². The average Bonchev–Trinajstić information content (AvgIpc) is 3.29. The number of para-hydroxylation sites is 1. The first-order chi connectivity index (χ1) is 13.9. The lowest BCUT2D eigenvalue weighted by molar-refractivity contribution is 1.08. The summed E-state index contributed by atoms with van der Waals surface area (Å²) in [5, 5.41) is 1.14. The van der Waals surface area contributed by atoms with Gasteiger partial charge in [-0.25, -0.2) is 4.98 Å². The van der Waals surface area contributed by atoms with Crippen molar-refractivity contribution in [3.63, 3.8) is 0 Å². The molecule has 1 aromatic carbocycles. The molecular weight excluding hydrogens is 346 g/mol. The van der Waals surface area contributed by atoms with Gasteiger partial charge in [0.05, 0.1) is 23.1 Å². The van der Waals surface area contributed by atoms with Crippen molar-refractivity contribution in [2.24, 2.45) is 0 Å². The third kappa shape index (κ3) is 2.10. The lowest BCUT2D eigenvalue weighted by Crippen LogP contribution is -1.98. The van der Waals surface area contributed by atoms with Crippen molar-refractivity contribution in [1.82, 2.24) is 23.9 Å². The summed E-state index contributed by atoms with van der Waals surface area (Å²) in [4.78, 5) is 13.7. The van der Waals surface area contributed by atoms with E-state index in [1.807, 2.05) is 48.8 Å². The van der Waals surface area contributed by atoms with Crippen LogP contribution in [0.5, 0.6) is 0 Å². The highest BCUT2D eigenvalue weighted by atomic mass is 15.1. The highest BCUT2D eigenvalue weighted by Gasteiger charge is 2.17. The maximum atomic E-state index is 4.87. The number of nitrogens with zero attached hydrogens (tertiary/aromatic N) is 5. The minimum absolute atomic E-state index is 0.905. The lowest BCUT2D eigenvalue weighted by Gasteiger charge is -2.09. The van der Waals surface area contributed by atoms with E-state index in [-0.39, 0.29) is 0 Å². The molecule has 0 fully saturated rings. The summed E-state index contributed by atoms with van der Waals surface area (Å²) in [5.41, 5.74) is 7.02. The molecule has 0 saturated carbocycles. The van der Waals surface area contributed by atoms with Crippen molar-refractivity contribution in [2.75, 3.05) is 0 Å². The van der Waals surface area contributed by atoms with E-state index in [2.05, 4.69) is 50.5 Å². The third-order valence-electron chi connectivity index (χ3n) is 5.08. The number of rotatable bonds is 2. The van der Waals surface area contributed by atoms with Crippen molar-refractivity contribution in [1.29, 1.82) is 0 Å². The van der Waals surface area contributed by atoms with E-state index in [1.54, 1.807) is 6.20 Å². The third-order valence-corrected chi connectivity index (χ3v) is 5.08. The fourth-order valence-electron chi connectivity index (χ4n) is 3.82. The van der Waals surface area contributed by atoms with Gasteiger partial charge in [0, 0.05) is 29.5 Å². The number of fused-ring (bicyclic) bond motifs is 5. The van der Waals surface area contributed by atoms with Gasteiger partial charge < -0.3 is 0 Å². The van der Waals surface area contributed by atoms with Crippen LogP contribution in [0.2, 0.25) is 0 Å². The number of aromatic nitrogens is 5. The van der Waals surface area contributed by atoms with Crippen LogP contribution in [0.4, 0.5) is 0 Å². The fourth-order valence-corrected chi connectivity index (χ4v) is 3.82. The van der Waals surface area contributed by atoms with Gasteiger partial charge in [-0.05, 0) is 42.5 Å². The van der Waals surface area contributed by atoms with Crippen molar-refractivity contribution in [3.8, 4) is 16.9 Å². The predicted octanol–water partition coefficient (Wildman–Crippen LogP) is 4.89. The topological polar surface area (TPSA) is 48.0 Å². The Kier molecular flexibility index (Phi) is 3.10. The van der Waals surface area contributed by atoms with Crippen LogP contribution in [-0.4, -0.2) is 23.9 Å². The van der Waals surface area contributed by atoms with Crippen LogP contribution in [0.1, 0.15) is 0 Å². The quantitative estimate of drug-likeness (QED) is 0.441. The summed E-state index contributed by atoms with van der Waals surface area (Å²) >= 11 is 0. The summed E-state index contributed by atoms with van der Waals surface area (Å²) in [5.74, 6) is 0. The Hall–Kier alpha value is -3.99. The van der Waals surface area contributed by atoms with Gasteiger partial charge in [-0.3, -0.25) is 18.9 Å². The van der Waals surface area contributed by atoms with Crippen molar-refractivity contribution < 1.29 is 0 Å². The van der Waals surface area contributed by atoms with E-state index in [9.17, 15) is 0 Å². The van der Waals surface area contributed by atoms with Gasteiger partial charge >= 0.3 is 0 Å². The van der Waals surface area contributed by atoms with Gasteiger partial charge in [-0.1, -0.05) is 24.3 Å². The van der Waals surface area contributed by atoms with Crippen LogP contribution in [-0.2, 0) is 0 Å². The zero-order valence-corrected chi connectivity index (χ0v) is 14.9. The first-order valence-electron chi connectivity index (χ1n) is 9.13. The molecule has 0 amide bonds. The number of hydrogen-bond acceptors (Lipinski definition) is 3. The van der Waals surface area contributed by atoms with E-state index < -0.39 is 0 Å². The minimum atomic E-state index is 0.905. The van der Waals surface area contributed by atoms with E-state index in [1.165, 1.54) is 0 Å². The second-order valence-electron chi connectivity index (χ2n) is 6.71. The molecule has 5 heteroatoms. The Bertz CT molecular complexity index is 1440. The molecule has 5 aromatic heterocycles. The first-order valence-corrected chi connectivity index (χ1v) is 9.13. The van der Waals surface area contributed by atoms with E-state index in [0.717, 1.165) is 44.7 Å². The van der Waals surface area contributed by atoms with Gasteiger partial charge in [-0.2, -0.15) is 0 Å². The SMILES string of the molecule is c1cncc(-c2ccc(-n3c4ccccc4c4nc5ccccn5c43)cn2)c1. The molecule has 0 unspecified atom stereocenters. The van der Waals surface area contributed by atoms with Crippen LogP contribution in [0.3, 0.4) is 0 Å². The minimum Gasteiger partial charge on any atom is -0.292 e. The average molecular weight is 361 g/mol. The second kappa shape index (κ2) is 5.76. The molecule has 0 atom stereocenters. The number of benzene rings is 1. The van der Waals surface area contributed by atoms with Gasteiger partial charge in [-0.15, -0.1) is 0 Å². The highest BCUT2D eigenvalue weighted by molar-refractivity contribution is 6.07. The molecule has 0 saturated heterocycles. The molecule has 0 radical (unpaired) electrons. The number of imidazole rings is 1. The largest absolute Gasteiger partial charge is 0.292 e. The highest BCUT2D eigenvalue weighted by Crippen LogP contribution is 2.32. The summed E-state index contributed by atoms with van der Waals surface area (Å²) < 4.78 is 4.36. The fraction of sp³-hybridized carbons (Fsp3) is 0. The zero-order chi connectivity index (χ0) is 18.5. The smallest absolute Gasteiger partial charge is 0.150 e. The summed E-state index contributed by atoms with van der Waals surface area (Å²) in [6.07, 6.45) is 7.56. The van der Waals surface area contributed by atoms with Crippen LogP contribution >= 0.6 is 0 Å². The van der Waals surface area contributed by atoms with Crippen LogP contribution in [0, 0.1) is 0 Å². The Morgan fingerprint density at radius 1 is 0.786 bits per heavy atom. The molecule has 0 aliphatic rings. The lowest BCUT2D eigenvalue weighted by atomic mass is 10.2. The molecule has 28 heavy (non-hydrogen) atoms. The molecule has 0 N–H and O–H groups in total. The molecule has 0 spiro atoms. The molecule has 5 heterocycles. The van der Waals surface area contributed by atoms with Crippen molar-refractivity contribution >= 4 is 27.7 Å². The Morgan fingerprint density at radius 2 is 1.71 bits per heavy atom. The zero-order valence-electron chi connectivity index (χ0n) is 14.9. The van der Waals surface area contributed by atoms with Crippen LogP contribution in [0.25, 0.3) is 44.7 Å². The monoisotopic (exact) mass is 361 g/mol. The summed E-state index contributed by atoms with van der Waals surface area (Å²) in [6, 6.07) is 22.5.